The van der Waals surface area contributed by atoms with Crippen molar-refractivity contribution in [1.29, 1.82) is 0 Å². The van der Waals surface area contributed by atoms with E-state index >= 15 is 0 Å². The second kappa shape index (κ2) is 5.68. The summed E-state index contributed by atoms with van der Waals surface area (Å²) in [6.45, 7) is 2.39. The molecule has 0 bridgehead atoms. The molecule has 0 saturated carbocycles. The van der Waals surface area contributed by atoms with Gasteiger partial charge in [0.05, 0.1) is 34.9 Å². The molecule has 1 aliphatic rings. The number of rotatable bonds is 2. The molecule has 3 aromatic heterocycles. The second-order valence-corrected chi connectivity index (χ2v) is 5.67. The Balaban J connectivity index is 1.76. The summed E-state index contributed by atoms with van der Waals surface area (Å²) in [4.78, 5) is 9.15. The van der Waals surface area contributed by atoms with Crippen molar-refractivity contribution in [3.63, 3.8) is 0 Å². The van der Waals surface area contributed by atoms with Crippen LogP contribution < -0.4 is 5.32 Å². The van der Waals surface area contributed by atoms with Crippen LogP contribution in [0.5, 0.6) is 0 Å². The van der Waals surface area contributed by atoms with E-state index in [1.54, 1.807) is 0 Å². The zero-order valence-electron chi connectivity index (χ0n) is 11.9. The van der Waals surface area contributed by atoms with Gasteiger partial charge in [-0.3, -0.25) is 4.40 Å². The van der Waals surface area contributed by atoms with Gasteiger partial charge in [0.1, 0.15) is 11.8 Å². The minimum atomic E-state index is -0.00327. The van der Waals surface area contributed by atoms with Crippen LogP contribution in [-0.2, 0) is 4.74 Å². The van der Waals surface area contributed by atoms with Crippen molar-refractivity contribution in [2.24, 2.45) is 0 Å². The predicted molar refractivity (Wildman–Crippen MR) is 85.0 cm³/mol. The van der Waals surface area contributed by atoms with Crippen LogP contribution in [0.2, 0.25) is 5.02 Å². The quantitative estimate of drug-likeness (QED) is 0.790. The molecule has 1 N–H and O–H groups in total. The minimum absolute atomic E-state index is 0.00327. The van der Waals surface area contributed by atoms with E-state index in [2.05, 4.69) is 10.3 Å². The summed E-state index contributed by atoms with van der Waals surface area (Å²) in [5, 5.41) is 3.99. The molecule has 0 spiro atoms. The van der Waals surface area contributed by atoms with Gasteiger partial charge < -0.3 is 10.1 Å². The highest BCUT2D eigenvalue weighted by molar-refractivity contribution is 6.30. The number of hydrogen-bond acceptors (Lipinski definition) is 4. The normalized spacial score (nSPS) is 18.7. The number of fused-ring (bicyclic) bond motifs is 1. The molecule has 0 radical (unpaired) electrons. The molecular weight excluding hydrogens is 300 g/mol. The summed E-state index contributed by atoms with van der Waals surface area (Å²) in [6, 6.07) is 9.70. The third kappa shape index (κ3) is 2.47. The molecular formula is C16H15ClN4O. The second-order valence-electron chi connectivity index (χ2n) is 5.23. The van der Waals surface area contributed by atoms with Crippen LogP contribution >= 0.6 is 11.6 Å². The van der Waals surface area contributed by atoms with Gasteiger partial charge in [-0.15, -0.1) is 0 Å². The lowest BCUT2D eigenvalue weighted by Crippen LogP contribution is -2.33. The Kier molecular flexibility index (Phi) is 3.54. The van der Waals surface area contributed by atoms with Crippen molar-refractivity contribution < 1.29 is 4.74 Å². The van der Waals surface area contributed by atoms with Crippen LogP contribution in [0.4, 0.5) is 0 Å². The molecule has 1 saturated heterocycles. The maximum Gasteiger partial charge on any atom is 0.137 e. The zero-order valence-corrected chi connectivity index (χ0v) is 12.6. The summed E-state index contributed by atoms with van der Waals surface area (Å²) in [5.41, 5.74) is 3.56. The van der Waals surface area contributed by atoms with Crippen LogP contribution in [0, 0.1) is 0 Å². The number of pyridine rings is 2. The highest BCUT2D eigenvalue weighted by Crippen LogP contribution is 2.24. The van der Waals surface area contributed by atoms with Gasteiger partial charge in [0, 0.05) is 19.3 Å². The van der Waals surface area contributed by atoms with E-state index < -0.39 is 0 Å². The molecule has 5 nitrogen and oxygen atoms in total. The monoisotopic (exact) mass is 314 g/mol. The van der Waals surface area contributed by atoms with E-state index in [9.17, 15) is 0 Å². The van der Waals surface area contributed by atoms with E-state index in [0.29, 0.717) is 11.6 Å². The molecule has 0 amide bonds. The molecule has 22 heavy (non-hydrogen) atoms. The fraction of sp³-hybridized carbons (Fsp3) is 0.250. The fourth-order valence-corrected chi connectivity index (χ4v) is 2.83. The molecule has 0 aromatic carbocycles. The van der Waals surface area contributed by atoms with Gasteiger partial charge in [-0.25, -0.2) is 9.97 Å². The van der Waals surface area contributed by atoms with Crippen LogP contribution in [0.1, 0.15) is 11.8 Å². The number of nitrogens with one attached hydrogen (secondary N) is 1. The van der Waals surface area contributed by atoms with Crippen molar-refractivity contribution in [1.82, 2.24) is 19.7 Å². The Morgan fingerprint density at radius 1 is 1.27 bits per heavy atom. The number of halogens is 1. The van der Waals surface area contributed by atoms with Gasteiger partial charge in [0.15, 0.2) is 0 Å². The lowest BCUT2D eigenvalue weighted by atomic mass is 10.2. The first-order valence-corrected chi connectivity index (χ1v) is 7.61. The summed E-state index contributed by atoms with van der Waals surface area (Å²) < 4.78 is 7.73. The molecule has 1 aliphatic heterocycles. The van der Waals surface area contributed by atoms with Gasteiger partial charge in [0.2, 0.25) is 0 Å². The molecule has 112 valence electrons. The Hall–Kier alpha value is -1.95. The first-order chi connectivity index (χ1) is 10.8. The van der Waals surface area contributed by atoms with Crippen LogP contribution in [-0.4, -0.2) is 34.1 Å². The molecule has 4 rings (SSSR count). The van der Waals surface area contributed by atoms with Crippen LogP contribution in [0.3, 0.4) is 0 Å². The van der Waals surface area contributed by atoms with Crippen molar-refractivity contribution in [3.05, 3.63) is 53.4 Å². The molecule has 3 aromatic rings. The number of ether oxygens (including phenoxy) is 1. The van der Waals surface area contributed by atoms with Crippen LogP contribution in [0.15, 0.2) is 42.7 Å². The Morgan fingerprint density at radius 2 is 2.23 bits per heavy atom. The zero-order chi connectivity index (χ0) is 14.9. The predicted octanol–water partition coefficient (Wildman–Crippen LogP) is 2.71. The molecule has 1 atom stereocenters. The van der Waals surface area contributed by atoms with Crippen molar-refractivity contribution in [2.45, 2.75) is 6.10 Å². The average molecular weight is 315 g/mol. The topological polar surface area (TPSA) is 51.5 Å². The van der Waals surface area contributed by atoms with Gasteiger partial charge in [-0.2, -0.15) is 0 Å². The van der Waals surface area contributed by atoms with Crippen molar-refractivity contribution in [3.8, 4) is 11.4 Å². The molecule has 1 fully saturated rings. The lowest BCUT2D eigenvalue weighted by Gasteiger charge is -2.23. The highest BCUT2D eigenvalue weighted by Gasteiger charge is 2.18. The van der Waals surface area contributed by atoms with Gasteiger partial charge in [0.25, 0.3) is 0 Å². The lowest BCUT2D eigenvalue weighted by molar-refractivity contribution is 0.0251. The maximum atomic E-state index is 6.09. The number of imidazole rings is 1. The average Bonchev–Trinajstić information content (AvgIpc) is 2.99. The summed E-state index contributed by atoms with van der Waals surface area (Å²) in [6.07, 6.45) is 3.67. The fourth-order valence-electron chi connectivity index (χ4n) is 2.67. The standard InChI is InChI=1S/C16H15ClN4O/c17-11-4-5-16-19-8-14(21(16)10-11)12-2-1-3-13(20-12)15-9-18-6-7-22-15/h1-5,8,10,15,18H,6-7,9H2. The SMILES string of the molecule is Clc1ccc2ncc(-c3cccc(C4CNCCO4)n3)n2c1. The Labute approximate surface area is 132 Å². The maximum absolute atomic E-state index is 6.09. The van der Waals surface area contributed by atoms with Crippen LogP contribution in [0.25, 0.3) is 17.0 Å². The minimum Gasteiger partial charge on any atom is -0.369 e. The summed E-state index contributed by atoms with van der Waals surface area (Å²) >= 11 is 6.09. The van der Waals surface area contributed by atoms with E-state index in [1.165, 1.54) is 0 Å². The van der Waals surface area contributed by atoms with E-state index in [1.807, 2.05) is 47.1 Å². The summed E-state index contributed by atoms with van der Waals surface area (Å²) in [7, 11) is 0. The first-order valence-electron chi connectivity index (χ1n) is 7.23. The Morgan fingerprint density at radius 3 is 3.09 bits per heavy atom. The van der Waals surface area contributed by atoms with Crippen molar-refractivity contribution in [2.75, 3.05) is 19.7 Å². The van der Waals surface area contributed by atoms with Gasteiger partial charge in [-0.1, -0.05) is 17.7 Å². The molecule has 1 unspecified atom stereocenters. The number of nitrogens with zero attached hydrogens (tertiary/aromatic N) is 3. The van der Waals surface area contributed by atoms with Crippen molar-refractivity contribution >= 4 is 17.2 Å². The number of aromatic nitrogens is 3. The molecule has 6 heteroatoms. The first kappa shape index (κ1) is 13.7. The highest BCUT2D eigenvalue weighted by atomic mass is 35.5. The number of hydrogen-bond donors (Lipinski definition) is 1. The smallest absolute Gasteiger partial charge is 0.137 e. The molecule has 0 aliphatic carbocycles. The van der Waals surface area contributed by atoms with E-state index in [-0.39, 0.29) is 6.10 Å². The third-order valence-electron chi connectivity index (χ3n) is 3.76. The summed E-state index contributed by atoms with van der Waals surface area (Å²) in [5.74, 6) is 0. The van der Waals surface area contributed by atoms with E-state index in [4.69, 9.17) is 21.3 Å². The van der Waals surface area contributed by atoms with Gasteiger partial charge in [-0.05, 0) is 24.3 Å². The third-order valence-corrected chi connectivity index (χ3v) is 3.98. The largest absolute Gasteiger partial charge is 0.369 e. The molecule has 4 heterocycles. The Bertz CT molecular complexity index is 811. The van der Waals surface area contributed by atoms with Gasteiger partial charge >= 0.3 is 0 Å². The number of morpholine rings is 1. The van der Waals surface area contributed by atoms with E-state index in [0.717, 1.165) is 35.8 Å².